The highest BCUT2D eigenvalue weighted by molar-refractivity contribution is 7.77. The van der Waals surface area contributed by atoms with Crippen LogP contribution in [0, 0.1) is 0 Å². The van der Waals surface area contributed by atoms with Crippen LogP contribution in [-0.2, 0) is 35.5 Å². The molecule has 0 aliphatic heterocycles. The van der Waals surface area contributed by atoms with Crippen LogP contribution in [0.3, 0.4) is 0 Å². The minimum Gasteiger partial charge on any atom is -0.381 e. The Hall–Kier alpha value is -1.57. The van der Waals surface area contributed by atoms with Crippen molar-refractivity contribution in [3.8, 4) is 0 Å². The molecule has 0 radical (unpaired) electrons. The Morgan fingerprint density at radius 1 is 0.786 bits per heavy atom. The first-order chi connectivity index (χ1) is 13.7. The van der Waals surface area contributed by atoms with Crippen LogP contribution in [0.2, 0.25) is 0 Å². The maximum absolute atomic E-state index is 10.6. The van der Waals surface area contributed by atoms with Crippen LogP contribution >= 0.6 is 0 Å². The summed E-state index contributed by atoms with van der Waals surface area (Å²) in [6.07, 6.45) is 5.66. The standard InChI is InChI=1S/C22H32N2O3S/c25-28(26)24-19-22-12-10-20(11-13-22)14-17-27-16-7-2-1-6-15-23-18-21-8-4-3-5-9-21/h3-5,8-13,23-24H,1-2,6-7,14-19H2,(H,25,26). The van der Waals surface area contributed by atoms with Crippen LogP contribution in [0.15, 0.2) is 54.6 Å². The van der Waals surface area contributed by atoms with Crippen molar-refractivity contribution in [2.75, 3.05) is 19.8 Å². The fraction of sp³-hybridized carbons (Fsp3) is 0.455. The molecule has 154 valence electrons. The molecule has 0 heterocycles. The number of benzene rings is 2. The normalized spacial score (nSPS) is 12.2. The number of unbranched alkanes of at least 4 members (excludes halogenated alkanes) is 3. The van der Waals surface area contributed by atoms with E-state index in [-0.39, 0.29) is 0 Å². The second-order valence-electron chi connectivity index (χ2n) is 6.83. The van der Waals surface area contributed by atoms with Crippen LogP contribution in [-0.4, -0.2) is 28.5 Å². The molecule has 2 aromatic rings. The zero-order chi connectivity index (χ0) is 19.9. The van der Waals surface area contributed by atoms with Gasteiger partial charge in [-0.25, -0.2) is 8.93 Å². The van der Waals surface area contributed by atoms with E-state index in [9.17, 15) is 4.21 Å². The maximum atomic E-state index is 10.6. The van der Waals surface area contributed by atoms with Gasteiger partial charge in [0.1, 0.15) is 0 Å². The summed E-state index contributed by atoms with van der Waals surface area (Å²) in [5.74, 6) is 0. The lowest BCUT2D eigenvalue weighted by Gasteiger charge is -2.07. The Bertz CT molecular complexity index is 665. The van der Waals surface area contributed by atoms with Crippen molar-refractivity contribution in [3.63, 3.8) is 0 Å². The molecule has 6 heteroatoms. The lowest BCUT2D eigenvalue weighted by Crippen LogP contribution is -2.15. The third-order valence-corrected chi connectivity index (χ3v) is 4.91. The summed E-state index contributed by atoms with van der Waals surface area (Å²) in [6.45, 7) is 3.96. The smallest absolute Gasteiger partial charge is 0.232 e. The topological polar surface area (TPSA) is 70.6 Å². The fourth-order valence-electron chi connectivity index (χ4n) is 2.90. The van der Waals surface area contributed by atoms with E-state index in [4.69, 9.17) is 9.29 Å². The van der Waals surface area contributed by atoms with Crippen molar-refractivity contribution in [1.29, 1.82) is 0 Å². The average molecular weight is 405 g/mol. The molecular weight excluding hydrogens is 372 g/mol. The molecule has 5 nitrogen and oxygen atoms in total. The largest absolute Gasteiger partial charge is 0.381 e. The van der Waals surface area contributed by atoms with Crippen molar-refractivity contribution in [3.05, 3.63) is 71.3 Å². The van der Waals surface area contributed by atoms with Crippen LogP contribution in [0.25, 0.3) is 0 Å². The fourth-order valence-corrected chi connectivity index (χ4v) is 3.19. The van der Waals surface area contributed by atoms with Gasteiger partial charge in [0.15, 0.2) is 0 Å². The summed E-state index contributed by atoms with van der Waals surface area (Å²) >= 11 is -1.96. The molecule has 0 spiro atoms. The van der Waals surface area contributed by atoms with Crippen molar-refractivity contribution < 1.29 is 13.5 Å². The van der Waals surface area contributed by atoms with E-state index >= 15 is 0 Å². The van der Waals surface area contributed by atoms with E-state index in [0.717, 1.165) is 44.7 Å². The molecule has 3 N–H and O–H groups in total. The summed E-state index contributed by atoms with van der Waals surface area (Å²) in [5.41, 5.74) is 3.55. The number of rotatable bonds is 15. The van der Waals surface area contributed by atoms with Crippen molar-refractivity contribution >= 4 is 11.3 Å². The van der Waals surface area contributed by atoms with Gasteiger partial charge in [-0.05, 0) is 42.5 Å². The molecule has 28 heavy (non-hydrogen) atoms. The molecule has 0 saturated carbocycles. The number of ether oxygens (including phenoxy) is 1. The third kappa shape index (κ3) is 10.7. The lowest BCUT2D eigenvalue weighted by atomic mass is 10.1. The maximum Gasteiger partial charge on any atom is 0.232 e. The Morgan fingerprint density at radius 3 is 2.21 bits per heavy atom. The van der Waals surface area contributed by atoms with Gasteiger partial charge in [0.25, 0.3) is 0 Å². The SMILES string of the molecule is O=S(O)NCc1ccc(CCOCCCCCCNCc2ccccc2)cc1. The Labute approximate surface area is 171 Å². The van der Waals surface area contributed by atoms with Gasteiger partial charge < -0.3 is 10.1 Å². The minimum absolute atomic E-state index is 0.391. The molecule has 2 rings (SSSR count). The highest BCUT2D eigenvalue weighted by Gasteiger charge is 1.98. The zero-order valence-corrected chi connectivity index (χ0v) is 17.3. The molecule has 0 aliphatic carbocycles. The summed E-state index contributed by atoms with van der Waals surface area (Å²) < 4.78 is 27.5. The predicted molar refractivity (Wildman–Crippen MR) is 115 cm³/mol. The van der Waals surface area contributed by atoms with Gasteiger partial charge in [0, 0.05) is 19.7 Å². The quantitative estimate of drug-likeness (QED) is 0.312. The second kappa shape index (κ2) is 14.4. The van der Waals surface area contributed by atoms with Crippen molar-refractivity contribution in [2.45, 2.75) is 45.2 Å². The van der Waals surface area contributed by atoms with Crippen LogP contribution < -0.4 is 10.0 Å². The molecule has 0 bridgehead atoms. The van der Waals surface area contributed by atoms with Crippen LogP contribution in [0.4, 0.5) is 0 Å². The summed E-state index contributed by atoms with van der Waals surface area (Å²) in [6, 6.07) is 18.5. The molecule has 0 fully saturated rings. The van der Waals surface area contributed by atoms with Gasteiger partial charge in [-0.3, -0.25) is 4.55 Å². The molecule has 0 amide bonds. The van der Waals surface area contributed by atoms with E-state index < -0.39 is 11.3 Å². The van der Waals surface area contributed by atoms with Crippen molar-refractivity contribution in [2.24, 2.45) is 0 Å². The van der Waals surface area contributed by atoms with Crippen LogP contribution in [0.5, 0.6) is 0 Å². The van der Waals surface area contributed by atoms with Crippen LogP contribution in [0.1, 0.15) is 42.4 Å². The Balaban J connectivity index is 1.40. The molecule has 2 aromatic carbocycles. The number of nitrogens with one attached hydrogen (secondary N) is 2. The van der Waals surface area contributed by atoms with E-state index in [1.165, 1.54) is 30.4 Å². The summed E-state index contributed by atoms with van der Waals surface area (Å²) in [7, 11) is 0. The lowest BCUT2D eigenvalue weighted by molar-refractivity contribution is 0.133. The minimum atomic E-state index is -1.96. The average Bonchev–Trinajstić information content (AvgIpc) is 2.72. The molecule has 1 unspecified atom stereocenters. The molecule has 0 aromatic heterocycles. The first-order valence-electron chi connectivity index (χ1n) is 9.98. The second-order valence-corrected chi connectivity index (χ2v) is 7.61. The molecule has 0 aliphatic rings. The Kier molecular flexibility index (Phi) is 11.7. The molecule has 0 saturated heterocycles. The zero-order valence-electron chi connectivity index (χ0n) is 16.4. The van der Waals surface area contributed by atoms with Gasteiger partial charge in [-0.1, -0.05) is 67.4 Å². The summed E-state index contributed by atoms with van der Waals surface area (Å²) in [4.78, 5) is 0. The predicted octanol–water partition coefficient (Wildman–Crippen LogP) is 3.82. The first kappa shape index (κ1) is 22.7. The summed E-state index contributed by atoms with van der Waals surface area (Å²) in [5, 5.41) is 3.49. The van der Waals surface area contributed by atoms with E-state index in [0.29, 0.717) is 6.54 Å². The molecular formula is C22H32N2O3S. The van der Waals surface area contributed by atoms with E-state index in [2.05, 4.69) is 34.3 Å². The first-order valence-corrected chi connectivity index (χ1v) is 11.1. The van der Waals surface area contributed by atoms with Crippen molar-refractivity contribution in [1.82, 2.24) is 10.0 Å². The van der Waals surface area contributed by atoms with Gasteiger partial charge in [-0.2, -0.15) is 0 Å². The molecule has 1 atom stereocenters. The van der Waals surface area contributed by atoms with Gasteiger partial charge >= 0.3 is 0 Å². The third-order valence-electron chi connectivity index (χ3n) is 4.52. The van der Waals surface area contributed by atoms with E-state index in [1.54, 1.807) is 0 Å². The van der Waals surface area contributed by atoms with Gasteiger partial charge in [0.2, 0.25) is 11.3 Å². The van der Waals surface area contributed by atoms with E-state index in [1.807, 2.05) is 30.3 Å². The number of hydrogen-bond donors (Lipinski definition) is 3. The van der Waals surface area contributed by atoms with Gasteiger partial charge in [-0.15, -0.1) is 0 Å². The number of hydrogen-bond acceptors (Lipinski definition) is 3. The Morgan fingerprint density at radius 2 is 1.46 bits per heavy atom. The highest BCUT2D eigenvalue weighted by Crippen LogP contribution is 2.06. The highest BCUT2D eigenvalue weighted by atomic mass is 32.2. The monoisotopic (exact) mass is 404 g/mol. The van der Waals surface area contributed by atoms with Gasteiger partial charge in [0.05, 0.1) is 6.61 Å².